The Morgan fingerprint density at radius 2 is 1.79 bits per heavy atom. The van der Waals surface area contributed by atoms with Crippen LogP contribution in [0.15, 0.2) is 48.5 Å². The van der Waals surface area contributed by atoms with E-state index in [-0.39, 0.29) is 5.69 Å². The number of aromatic carboxylic acids is 1. The molecule has 120 valence electrons. The minimum absolute atomic E-state index is 0.0666. The van der Waals surface area contributed by atoms with Gasteiger partial charge in [-0.25, -0.2) is 9.48 Å². The Bertz CT molecular complexity index is 912. The molecule has 5 nitrogen and oxygen atoms in total. The van der Waals surface area contributed by atoms with E-state index in [1.165, 1.54) is 0 Å². The number of carboxylic acid groups (broad SMARTS) is 1. The third kappa shape index (κ3) is 2.96. The molecule has 0 saturated carbocycles. The van der Waals surface area contributed by atoms with E-state index in [0.29, 0.717) is 5.69 Å². The van der Waals surface area contributed by atoms with Gasteiger partial charge in [0, 0.05) is 0 Å². The van der Waals surface area contributed by atoms with Crippen LogP contribution >= 0.6 is 0 Å². The summed E-state index contributed by atoms with van der Waals surface area (Å²) >= 11 is 0. The average Bonchev–Trinajstić information content (AvgIpc) is 3.00. The van der Waals surface area contributed by atoms with Crippen molar-refractivity contribution in [1.29, 1.82) is 0 Å². The molecule has 1 heterocycles. The number of hydrogen-bond donors (Lipinski definition) is 1. The summed E-state index contributed by atoms with van der Waals surface area (Å²) in [6.45, 7) is 3.99. The van der Waals surface area contributed by atoms with Gasteiger partial charge >= 0.3 is 5.97 Å². The van der Waals surface area contributed by atoms with Crippen molar-refractivity contribution >= 4 is 18.1 Å². The molecule has 3 rings (SSSR count). The number of hydrogen-bond acceptors (Lipinski definition) is 3. The number of rotatable bonds is 4. The third-order valence-corrected chi connectivity index (χ3v) is 3.94. The van der Waals surface area contributed by atoms with Gasteiger partial charge in [0.05, 0.1) is 5.69 Å². The number of nitrogens with zero attached hydrogens (tertiary/aromatic N) is 3. The molecule has 0 aliphatic carbocycles. The fourth-order valence-electron chi connectivity index (χ4n) is 2.47. The third-order valence-electron chi connectivity index (χ3n) is 3.94. The number of aryl methyl sites for hydroxylation is 1. The van der Waals surface area contributed by atoms with Crippen LogP contribution in [0.4, 0.5) is 0 Å². The van der Waals surface area contributed by atoms with E-state index in [1.807, 2.05) is 68.5 Å². The molecule has 0 aliphatic rings. The predicted octanol–water partition coefficient (Wildman–Crippen LogP) is 3.75. The molecular weight excluding hydrogens is 302 g/mol. The van der Waals surface area contributed by atoms with E-state index in [4.69, 9.17) is 0 Å². The van der Waals surface area contributed by atoms with Gasteiger partial charge in [0.1, 0.15) is 5.69 Å². The summed E-state index contributed by atoms with van der Waals surface area (Å²) in [7, 11) is 0. The summed E-state index contributed by atoms with van der Waals surface area (Å²) < 4.78 is 1.57. The van der Waals surface area contributed by atoms with Crippen LogP contribution in [-0.4, -0.2) is 26.1 Å². The topological polar surface area (TPSA) is 68.0 Å². The lowest BCUT2D eigenvalue weighted by atomic mass is 10.1. The Morgan fingerprint density at radius 3 is 2.50 bits per heavy atom. The minimum Gasteiger partial charge on any atom is -0.476 e. The number of benzene rings is 2. The summed E-state index contributed by atoms with van der Waals surface area (Å²) in [5.41, 5.74) is 4.32. The zero-order chi connectivity index (χ0) is 17.1. The van der Waals surface area contributed by atoms with Gasteiger partial charge in [0.15, 0.2) is 5.69 Å². The molecule has 0 unspecified atom stereocenters. The summed E-state index contributed by atoms with van der Waals surface area (Å²) in [5.74, 6) is -1.10. The lowest BCUT2D eigenvalue weighted by Gasteiger charge is -2.09. The van der Waals surface area contributed by atoms with Gasteiger partial charge in [-0.05, 0) is 42.7 Å². The Hall–Kier alpha value is -3.21. The van der Waals surface area contributed by atoms with Crippen molar-refractivity contribution in [3.05, 3.63) is 76.6 Å². The molecule has 0 saturated heterocycles. The molecule has 1 aromatic heterocycles. The van der Waals surface area contributed by atoms with Crippen LogP contribution in [0.3, 0.4) is 0 Å². The van der Waals surface area contributed by atoms with Crippen LogP contribution in [0.1, 0.15) is 32.9 Å². The van der Waals surface area contributed by atoms with Crippen LogP contribution in [0.2, 0.25) is 0 Å². The molecule has 0 radical (unpaired) electrons. The molecule has 3 aromatic rings. The number of carboxylic acids is 1. The number of aromatic nitrogens is 3. The maximum Gasteiger partial charge on any atom is 0.358 e. The van der Waals surface area contributed by atoms with E-state index in [2.05, 4.69) is 10.3 Å². The van der Waals surface area contributed by atoms with E-state index < -0.39 is 5.97 Å². The molecular formula is C19H17N3O2. The quantitative estimate of drug-likeness (QED) is 0.795. The van der Waals surface area contributed by atoms with Crippen LogP contribution in [0, 0.1) is 13.8 Å². The largest absolute Gasteiger partial charge is 0.476 e. The second kappa shape index (κ2) is 6.50. The molecule has 0 fully saturated rings. The lowest BCUT2D eigenvalue weighted by Crippen LogP contribution is -2.05. The van der Waals surface area contributed by atoms with E-state index >= 15 is 0 Å². The van der Waals surface area contributed by atoms with Crippen molar-refractivity contribution in [2.45, 2.75) is 13.8 Å². The maximum absolute atomic E-state index is 11.5. The van der Waals surface area contributed by atoms with Crippen molar-refractivity contribution in [2.24, 2.45) is 0 Å². The summed E-state index contributed by atoms with van der Waals surface area (Å²) in [4.78, 5) is 11.5. The van der Waals surface area contributed by atoms with E-state index in [1.54, 1.807) is 10.8 Å². The smallest absolute Gasteiger partial charge is 0.358 e. The summed E-state index contributed by atoms with van der Waals surface area (Å²) in [6, 6.07) is 15.5. The Morgan fingerprint density at radius 1 is 1.04 bits per heavy atom. The van der Waals surface area contributed by atoms with Gasteiger partial charge in [-0.2, -0.15) is 0 Å². The number of carbonyl (C=O) groups is 1. The first kappa shape index (κ1) is 15.7. The van der Waals surface area contributed by atoms with Gasteiger partial charge in [0.2, 0.25) is 0 Å². The van der Waals surface area contributed by atoms with Crippen molar-refractivity contribution in [1.82, 2.24) is 15.0 Å². The predicted molar refractivity (Wildman–Crippen MR) is 93.2 cm³/mol. The first-order valence-corrected chi connectivity index (χ1v) is 7.56. The first-order chi connectivity index (χ1) is 11.6. The molecule has 0 amide bonds. The lowest BCUT2D eigenvalue weighted by molar-refractivity contribution is 0.0690. The highest BCUT2D eigenvalue weighted by Gasteiger charge is 2.19. The highest BCUT2D eigenvalue weighted by Crippen LogP contribution is 2.21. The van der Waals surface area contributed by atoms with Crippen LogP contribution < -0.4 is 0 Å². The maximum atomic E-state index is 11.5. The van der Waals surface area contributed by atoms with Crippen molar-refractivity contribution in [3.8, 4) is 5.69 Å². The van der Waals surface area contributed by atoms with E-state index in [0.717, 1.165) is 22.4 Å². The normalized spacial score (nSPS) is 11.1. The van der Waals surface area contributed by atoms with Crippen LogP contribution in [0.5, 0.6) is 0 Å². The zero-order valence-electron chi connectivity index (χ0n) is 13.5. The molecule has 2 aromatic carbocycles. The minimum atomic E-state index is -1.10. The van der Waals surface area contributed by atoms with Crippen molar-refractivity contribution in [3.63, 3.8) is 0 Å². The fourth-order valence-corrected chi connectivity index (χ4v) is 2.47. The Balaban J connectivity index is 2.13. The summed E-state index contributed by atoms with van der Waals surface area (Å²) in [5, 5.41) is 17.3. The highest BCUT2D eigenvalue weighted by atomic mass is 16.4. The van der Waals surface area contributed by atoms with Gasteiger partial charge < -0.3 is 5.11 Å². The van der Waals surface area contributed by atoms with Gasteiger partial charge in [-0.15, -0.1) is 5.10 Å². The van der Waals surface area contributed by atoms with Crippen LogP contribution in [-0.2, 0) is 0 Å². The Labute approximate surface area is 139 Å². The molecule has 5 heteroatoms. The monoisotopic (exact) mass is 319 g/mol. The van der Waals surface area contributed by atoms with Crippen molar-refractivity contribution < 1.29 is 9.90 Å². The molecule has 1 N–H and O–H groups in total. The van der Waals surface area contributed by atoms with E-state index in [9.17, 15) is 9.90 Å². The van der Waals surface area contributed by atoms with Crippen LogP contribution in [0.25, 0.3) is 17.8 Å². The molecule has 0 atom stereocenters. The first-order valence-electron chi connectivity index (χ1n) is 7.56. The van der Waals surface area contributed by atoms with Gasteiger partial charge in [-0.3, -0.25) is 0 Å². The fraction of sp³-hybridized carbons (Fsp3) is 0.105. The second-order valence-corrected chi connectivity index (χ2v) is 5.50. The molecule has 0 aliphatic heterocycles. The zero-order valence-corrected chi connectivity index (χ0v) is 13.5. The summed E-state index contributed by atoms with van der Waals surface area (Å²) in [6.07, 6.45) is 3.59. The molecule has 24 heavy (non-hydrogen) atoms. The Kier molecular flexibility index (Phi) is 4.24. The second-order valence-electron chi connectivity index (χ2n) is 5.50. The van der Waals surface area contributed by atoms with Gasteiger partial charge in [0.25, 0.3) is 0 Å². The highest BCUT2D eigenvalue weighted by molar-refractivity contribution is 5.90. The SMILES string of the molecule is Cc1cccc(-n2nnc(C(=O)O)c2/C=C/c2ccccc2)c1C. The van der Waals surface area contributed by atoms with Crippen molar-refractivity contribution in [2.75, 3.05) is 0 Å². The standard InChI is InChI=1S/C19H17N3O2/c1-13-7-6-10-16(14(13)2)22-17(18(19(23)24)20-21-22)12-11-15-8-4-3-5-9-15/h3-12H,1-2H3,(H,23,24)/b12-11+. The average molecular weight is 319 g/mol. The molecule has 0 bridgehead atoms. The molecule has 0 spiro atoms. The van der Waals surface area contributed by atoms with Gasteiger partial charge in [-0.1, -0.05) is 53.8 Å².